The van der Waals surface area contributed by atoms with E-state index in [0.717, 1.165) is 0 Å². The van der Waals surface area contributed by atoms with Gasteiger partial charge in [-0.15, -0.1) is 0 Å². The maximum atomic E-state index is 11.9. The minimum atomic E-state index is -0.474. The number of aromatic hydroxyl groups is 1. The molecule has 5 heteroatoms. The molecule has 1 aromatic carbocycles. The van der Waals surface area contributed by atoms with E-state index >= 15 is 0 Å². The third-order valence-electron chi connectivity index (χ3n) is 2.57. The molecule has 0 radical (unpaired) electrons. The largest absolute Gasteiger partial charge is 0.503 e. The van der Waals surface area contributed by atoms with Crippen LogP contribution in [0.25, 0.3) is 0 Å². The fraction of sp³-hybridized carbons (Fsp3) is 0.0769. The SMILES string of the molecule is Cc1c(O)c(=O)ccn1NC(=O)c1ccccc1. The van der Waals surface area contributed by atoms with E-state index in [9.17, 15) is 14.7 Å². The van der Waals surface area contributed by atoms with Crippen molar-refractivity contribution >= 4 is 5.91 Å². The smallest absolute Gasteiger partial charge is 0.270 e. The van der Waals surface area contributed by atoms with Gasteiger partial charge in [0.2, 0.25) is 5.43 Å². The van der Waals surface area contributed by atoms with Gasteiger partial charge in [-0.3, -0.25) is 19.7 Å². The summed E-state index contributed by atoms with van der Waals surface area (Å²) in [4.78, 5) is 23.0. The van der Waals surface area contributed by atoms with Crippen LogP contribution < -0.4 is 10.9 Å². The minimum absolute atomic E-state index is 0.284. The molecule has 0 fully saturated rings. The average Bonchev–Trinajstić information content (AvgIpc) is 2.40. The lowest BCUT2D eigenvalue weighted by molar-refractivity contribution is 0.101. The molecule has 1 heterocycles. The van der Waals surface area contributed by atoms with E-state index in [4.69, 9.17) is 0 Å². The first kappa shape index (κ1) is 11.9. The molecule has 2 N–H and O–H groups in total. The number of rotatable bonds is 2. The van der Waals surface area contributed by atoms with Crippen LogP contribution in [-0.2, 0) is 0 Å². The molecule has 0 aliphatic rings. The first-order valence-corrected chi connectivity index (χ1v) is 5.37. The van der Waals surface area contributed by atoms with Gasteiger partial charge in [0.15, 0.2) is 5.75 Å². The fourth-order valence-electron chi connectivity index (χ4n) is 1.51. The highest BCUT2D eigenvalue weighted by Crippen LogP contribution is 2.08. The Morgan fingerprint density at radius 3 is 2.56 bits per heavy atom. The zero-order chi connectivity index (χ0) is 13.1. The van der Waals surface area contributed by atoms with Crippen molar-refractivity contribution in [3.05, 3.63) is 64.1 Å². The van der Waals surface area contributed by atoms with E-state index in [-0.39, 0.29) is 17.4 Å². The van der Waals surface area contributed by atoms with Crippen LogP contribution in [-0.4, -0.2) is 15.7 Å². The van der Waals surface area contributed by atoms with Crippen LogP contribution in [0.15, 0.2) is 47.4 Å². The Kier molecular flexibility index (Phi) is 3.14. The second-order valence-corrected chi connectivity index (χ2v) is 3.79. The first-order valence-electron chi connectivity index (χ1n) is 5.37. The number of amides is 1. The van der Waals surface area contributed by atoms with Crippen molar-refractivity contribution in [1.29, 1.82) is 0 Å². The summed E-state index contributed by atoms with van der Waals surface area (Å²) in [5.41, 5.74) is 2.88. The van der Waals surface area contributed by atoms with Gasteiger partial charge >= 0.3 is 0 Å². The molecule has 0 atom stereocenters. The predicted molar refractivity (Wildman–Crippen MR) is 67.2 cm³/mol. The van der Waals surface area contributed by atoms with Gasteiger partial charge in [-0.2, -0.15) is 0 Å². The van der Waals surface area contributed by atoms with Gasteiger partial charge in [-0.1, -0.05) is 18.2 Å². The third kappa shape index (κ3) is 2.24. The van der Waals surface area contributed by atoms with Crippen LogP contribution in [0, 0.1) is 6.92 Å². The molecule has 1 aromatic heterocycles. The molecule has 0 unspecified atom stereocenters. The van der Waals surface area contributed by atoms with Crippen LogP contribution in [0.3, 0.4) is 0 Å². The zero-order valence-electron chi connectivity index (χ0n) is 9.75. The van der Waals surface area contributed by atoms with Crippen molar-refractivity contribution in [2.75, 3.05) is 5.43 Å². The Balaban J connectivity index is 2.28. The summed E-state index contributed by atoms with van der Waals surface area (Å²) >= 11 is 0. The second kappa shape index (κ2) is 4.75. The molecule has 2 rings (SSSR count). The number of hydrogen-bond acceptors (Lipinski definition) is 3. The number of carbonyl (C=O) groups is 1. The van der Waals surface area contributed by atoms with E-state index in [1.54, 1.807) is 31.2 Å². The highest BCUT2D eigenvalue weighted by molar-refractivity contribution is 5.99. The van der Waals surface area contributed by atoms with Gasteiger partial charge in [0.1, 0.15) is 0 Å². The zero-order valence-corrected chi connectivity index (χ0v) is 9.75. The average molecular weight is 244 g/mol. The number of pyridine rings is 1. The van der Waals surface area contributed by atoms with Crippen molar-refractivity contribution in [3.8, 4) is 5.75 Å². The van der Waals surface area contributed by atoms with Crippen molar-refractivity contribution in [2.24, 2.45) is 0 Å². The molecule has 0 saturated carbocycles. The molecular formula is C13H12N2O3. The van der Waals surface area contributed by atoms with Gasteiger partial charge in [0.25, 0.3) is 5.91 Å². The topological polar surface area (TPSA) is 71.3 Å². The van der Waals surface area contributed by atoms with Crippen LogP contribution in [0.1, 0.15) is 16.1 Å². The number of nitrogens with zero attached hydrogens (tertiary/aromatic N) is 1. The molecule has 2 aromatic rings. The maximum absolute atomic E-state index is 11.9. The first-order chi connectivity index (χ1) is 8.59. The molecule has 0 aliphatic carbocycles. The minimum Gasteiger partial charge on any atom is -0.503 e. The van der Waals surface area contributed by atoms with Crippen molar-refractivity contribution in [1.82, 2.24) is 4.68 Å². The monoisotopic (exact) mass is 244 g/mol. The molecule has 1 amide bonds. The van der Waals surface area contributed by atoms with Crippen LogP contribution in [0.5, 0.6) is 5.75 Å². The normalized spacial score (nSPS) is 10.1. The number of hydrogen-bond donors (Lipinski definition) is 2. The molecule has 18 heavy (non-hydrogen) atoms. The lowest BCUT2D eigenvalue weighted by Gasteiger charge is -2.12. The summed E-state index contributed by atoms with van der Waals surface area (Å²) in [5.74, 6) is -0.687. The fourth-order valence-corrected chi connectivity index (χ4v) is 1.51. The van der Waals surface area contributed by atoms with Crippen LogP contribution >= 0.6 is 0 Å². The van der Waals surface area contributed by atoms with E-state index < -0.39 is 5.43 Å². The lowest BCUT2D eigenvalue weighted by atomic mass is 10.2. The quantitative estimate of drug-likeness (QED) is 0.835. The van der Waals surface area contributed by atoms with Gasteiger partial charge < -0.3 is 5.11 Å². The summed E-state index contributed by atoms with van der Waals surface area (Å²) in [6, 6.07) is 9.86. The van der Waals surface area contributed by atoms with Crippen LogP contribution in [0.4, 0.5) is 0 Å². The number of benzene rings is 1. The van der Waals surface area contributed by atoms with Crippen molar-refractivity contribution in [2.45, 2.75) is 6.92 Å². The number of aromatic nitrogens is 1. The summed E-state index contributed by atoms with van der Waals surface area (Å²) in [7, 11) is 0. The Bertz CT molecular complexity index is 632. The van der Waals surface area contributed by atoms with Crippen molar-refractivity contribution in [3.63, 3.8) is 0 Å². The molecule has 0 bridgehead atoms. The lowest BCUT2D eigenvalue weighted by Crippen LogP contribution is -2.25. The second-order valence-electron chi connectivity index (χ2n) is 3.79. The van der Waals surface area contributed by atoms with Crippen molar-refractivity contribution < 1.29 is 9.90 Å². The standard InChI is InChI=1S/C13H12N2O3/c1-9-12(17)11(16)7-8-15(9)14-13(18)10-5-3-2-4-6-10/h2-8,17H,1H3,(H,14,18). The van der Waals surface area contributed by atoms with E-state index in [1.807, 2.05) is 6.07 Å². The van der Waals surface area contributed by atoms with Crippen LogP contribution in [0.2, 0.25) is 0 Å². The molecule has 0 spiro atoms. The molecule has 5 nitrogen and oxygen atoms in total. The molecule has 0 saturated heterocycles. The third-order valence-corrected chi connectivity index (χ3v) is 2.57. The predicted octanol–water partition coefficient (Wildman–Crippen LogP) is 1.25. The highest BCUT2D eigenvalue weighted by atomic mass is 16.3. The van der Waals surface area contributed by atoms with Gasteiger partial charge in [0, 0.05) is 17.8 Å². The Labute approximate surface area is 103 Å². The Hall–Kier alpha value is -2.56. The van der Waals surface area contributed by atoms with E-state index in [2.05, 4.69) is 5.43 Å². The van der Waals surface area contributed by atoms with E-state index in [0.29, 0.717) is 5.56 Å². The summed E-state index contributed by atoms with van der Waals surface area (Å²) in [6.07, 6.45) is 1.40. The molecule has 0 aliphatic heterocycles. The number of nitrogens with one attached hydrogen (secondary N) is 1. The van der Waals surface area contributed by atoms with Gasteiger partial charge in [-0.05, 0) is 19.1 Å². The van der Waals surface area contributed by atoms with Gasteiger partial charge in [-0.25, -0.2) is 0 Å². The maximum Gasteiger partial charge on any atom is 0.270 e. The summed E-state index contributed by atoms with van der Waals surface area (Å²) in [6.45, 7) is 1.54. The summed E-state index contributed by atoms with van der Waals surface area (Å²) in [5, 5.41) is 9.49. The molecule has 92 valence electrons. The van der Waals surface area contributed by atoms with Gasteiger partial charge in [0.05, 0.1) is 5.69 Å². The molecular weight excluding hydrogens is 232 g/mol. The highest BCUT2D eigenvalue weighted by Gasteiger charge is 2.09. The van der Waals surface area contributed by atoms with E-state index in [1.165, 1.54) is 16.9 Å². The Morgan fingerprint density at radius 2 is 1.89 bits per heavy atom. The summed E-state index contributed by atoms with van der Waals surface area (Å²) < 4.78 is 1.31. The number of carbonyl (C=O) groups excluding carboxylic acids is 1. The Morgan fingerprint density at radius 1 is 1.22 bits per heavy atom.